The Morgan fingerprint density at radius 3 is 2.18 bits per heavy atom. The van der Waals surface area contributed by atoms with E-state index >= 15 is 0 Å². The number of thiol groups is 1. The van der Waals surface area contributed by atoms with Crippen LogP contribution in [0.4, 0.5) is 0 Å². The first-order valence-corrected chi connectivity index (χ1v) is 9.92. The molecular formula is C17H33N5O5S. The second-order valence-corrected chi connectivity index (χ2v) is 7.31. The molecule has 0 rings (SSSR count). The van der Waals surface area contributed by atoms with Gasteiger partial charge in [0, 0.05) is 5.75 Å². The quantitative estimate of drug-likeness (QED) is 0.134. The van der Waals surface area contributed by atoms with E-state index in [2.05, 4.69) is 28.6 Å². The summed E-state index contributed by atoms with van der Waals surface area (Å²) in [6.45, 7) is 3.83. The number of rotatable bonds is 14. The molecule has 0 aromatic rings. The standard InChI is InChI=1S/C17H33N5O5S/c1-10(2)7-13(21-14(23)8-20-15(24)11(19)9-28)16(25)22-12(17(26)27)5-3-4-6-18/h10-13,28H,3-9,18-19H2,1-2H3,(H,20,24)(H,21,23)(H,22,25)(H,26,27). The number of hydrogen-bond acceptors (Lipinski definition) is 7. The molecule has 162 valence electrons. The number of unbranched alkanes of at least 4 members (excludes halogenated alkanes) is 1. The fraction of sp³-hybridized carbons (Fsp3) is 0.765. The van der Waals surface area contributed by atoms with Crippen LogP contribution in [0, 0.1) is 5.92 Å². The van der Waals surface area contributed by atoms with Crippen LogP contribution in [0.15, 0.2) is 0 Å². The van der Waals surface area contributed by atoms with Crippen molar-refractivity contribution in [1.82, 2.24) is 16.0 Å². The maximum absolute atomic E-state index is 12.5. The van der Waals surface area contributed by atoms with Crippen molar-refractivity contribution in [1.29, 1.82) is 0 Å². The van der Waals surface area contributed by atoms with Gasteiger partial charge in [-0.15, -0.1) is 0 Å². The summed E-state index contributed by atoms with van der Waals surface area (Å²) in [5, 5.41) is 16.7. The highest BCUT2D eigenvalue weighted by atomic mass is 32.1. The van der Waals surface area contributed by atoms with E-state index in [0.29, 0.717) is 25.8 Å². The van der Waals surface area contributed by atoms with Gasteiger partial charge in [0.1, 0.15) is 12.1 Å². The van der Waals surface area contributed by atoms with Gasteiger partial charge in [-0.1, -0.05) is 13.8 Å². The van der Waals surface area contributed by atoms with Crippen molar-refractivity contribution in [3.8, 4) is 0 Å². The number of carboxylic acid groups (broad SMARTS) is 1. The summed E-state index contributed by atoms with van der Waals surface area (Å²) in [7, 11) is 0. The molecule has 0 saturated heterocycles. The summed E-state index contributed by atoms with van der Waals surface area (Å²) >= 11 is 3.90. The lowest BCUT2D eigenvalue weighted by Crippen LogP contribution is -2.54. The van der Waals surface area contributed by atoms with Crippen molar-refractivity contribution in [2.45, 2.75) is 57.7 Å². The van der Waals surface area contributed by atoms with Gasteiger partial charge in [-0.3, -0.25) is 14.4 Å². The third-order valence-corrected chi connectivity index (χ3v) is 4.27. The Kier molecular flexibility index (Phi) is 13.3. The van der Waals surface area contributed by atoms with Gasteiger partial charge in [0.2, 0.25) is 17.7 Å². The maximum Gasteiger partial charge on any atom is 0.326 e. The van der Waals surface area contributed by atoms with Gasteiger partial charge in [0.05, 0.1) is 12.6 Å². The Balaban J connectivity index is 4.84. The van der Waals surface area contributed by atoms with Crippen molar-refractivity contribution in [3.05, 3.63) is 0 Å². The van der Waals surface area contributed by atoms with Gasteiger partial charge in [0.25, 0.3) is 0 Å². The predicted molar refractivity (Wildman–Crippen MR) is 109 cm³/mol. The molecule has 0 radical (unpaired) electrons. The van der Waals surface area contributed by atoms with Crippen LogP contribution >= 0.6 is 12.6 Å². The summed E-state index contributed by atoms with van der Waals surface area (Å²) in [6, 6.07) is -2.81. The SMILES string of the molecule is CC(C)CC(NC(=O)CNC(=O)C(N)CS)C(=O)NC(CCCCN)C(=O)O. The smallest absolute Gasteiger partial charge is 0.326 e. The van der Waals surface area contributed by atoms with Gasteiger partial charge < -0.3 is 32.5 Å². The molecule has 0 aliphatic carbocycles. The Morgan fingerprint density at radius 1 is 1.04 bits per heavy atom. The average molecular weight is 420 g/mol. The molecule has 0 fully saturated rings. The molecule has 0 aromatic carbocycles. The molecule has 3 unspecified atom stereocenters. The van der Waals surface area contributed by atoms with E-state index < -0.39 is 41.8 Å². The number of carboxylic acids is 1. The number of nitrogens with one attached hydrogen (secondary N) is 3. The van der Waals surface area contributed by atoms with Crippen LogP contribution in [-0.4, -0.2) is 65.8 Å². The molecular weight excluding hydrogens is 386 g/mol. The minimum atomic E-state index is -1.15. The molecule has 3 amide bonds. The lowest BCUT2D eigenvalue weighted by atomic mass is 10.0. The first kappa shape index (κ1) is 26.1. The molecule has 0 aromatic heterocycles. The van der Waals surface area contributed by atoms with E-state index in [0.717, 1.165) is 0 Å². The van der Waals surface area contributed by atoms with Crippen LogP contribution in [-0.2, 0) is 19.2 Å². The minimum absolute atomic E-state index is 0.0729. The van der Waals surface area contributed by atoms with Gasteiger partial charge in [-0.2, -0.15) is 12.6 Å². The first-order valence-electron chi connectivity index (χ1n) is 9.29. The first-order chi connectivity index (χ1) is 13.1. The second-order valence-electron chi connectivity index (χ2n) is 6.94. The number of amides is 3. The lowest BCUT2D eigenvalue weighted by molar-refractivity contribution is -0.142. The number of nitrogens with two attached hydrogens (primary N) is 2. The molecule has 0 bridgehead atoms. The Bertz CT molecular complexity index is 532. The molecule has 0 aliphatic heterocycles. The van der Waals surface area contributed by atoms with E-state index in [1.165, 1.54) is 0 Å². The highest BCUT2D eigenvalue weighted by Crippen LogP contribution is 2.07. The van der Waals surface area contributed by atoms with Crippen LogP contribution in [0.25, 0.3) is 0 Å². The Hall–Kier alpha value is -1.85. The molecule has 0 heterocycles. The van der Waals surface area contributed by atoms with Crippen LogP contribution in [0.5, 0.6) is 0 Å². The normalized spacial score (nSPS) is 14.1. The van der Waals surface area contributed by atoms with Gasteiger partial charge >= 0.3 is 5.97 Å². The molecule has 8 N–H and O–H groups in total. The van der Waals surface area contributed by atoms with E-state index in [1.807, 2.05) is 13.8 Å². The summed E-state index contributed by atoms with van der Waals surface area (Å²) < 4.78 is 0. The molecule has 11 heteroatoms. The van der Waals surface area contributed by atoms with Crippen molar-refractivity contribution < 1.29 is 24.3 Å². The Labute approximate surface area is 171 Å². The molecule has 28 heavy (non-hydrogen) atoms. The second kappa shape index (κ2) is 14.2. The number of carbonyl (C=O) groups is 4. The van der Waals surface area contributed by atoms with Crippen molar-refractivity contribution in [2.24, 2.45) is 17.4 Å². The summed E-state index contributed by atoms with van der Waals surface area (Å²) in [5.41, 5.74) is 10.9. The number of carbonyl (C=O) groups excluding carboxylic acids is 3. The zero-order chi connectivity index (χ0) is 21.7. The molecule has 0 aliphatic rings. The predicted octanol–water partition coefficient (Wildman–Crippen LogP) is -1.41. The van der Waals surface area contributed by atoms with E-state index in [4.69, 9.17) is 11.5 Å². The summed E-state index contributed by atoms with van der Waals surface area (Å²) in [4.78, 5) is 47.6. The molecule has 0 spiro atoms. The van der Waals surface area contributed by atoms with Gasteiger partial charge in [-0.05, 0) is 38.1 Å². The summed E-state index contributed by atoms with van der Waals surface area (Å²) in [6.07, 6.45) is 1.78. The fourth-order valence-electron chi connectivity index (χ4n) is 2.35. The van der Waals surface area contributed by atoms with Crippen LogP contribution < -0.4 is 27.4 Å². The monoisotopic (exact) mass is 419 g/mol. The third kappa shape index (κ3) is 11.1. The van der Waals surface area contributed by atoms with E-state index in [-0.39, 0.29) is 24.6 Å². The zero-order valence-electron chi connectivity index (χ0n) is 16.4. The topological polar surface area (TPSA) is 177 Å². The third-order valence-electron chi connectivity index (χ3n) is 3.88. The number of aliphatic carboxylic acids is 1. The minimum Gasteiger partial charge on any atom is -0.480 e. The van der Waals surface area contributed by atoms with E-state index in [9.17, 15) is 24.3 Å². The van der Waals surface area contributed by atoms with Crippen LogP contribution in [0.2, 0.25) is 0 Å². The largest absolute Gasteiger partial charge is 0.480 e. The summed E-state index contributed by atoms with van der Waals surface area (Å²) in [5.74, 6) is -2.62. The molecule has 0 saturated carbocycles. The van der Waals surface area contributed by atoms with Crippen LogP contribution in [0.3, 0.4) is 0 Å². The maximum atomic E-state index is 12.5. The van der Waals surface area contributed by atoms with Crippen molar-refractivity contribution in [2.75, 3.05) is 18.8 Å². The van der Waals surface area contributed by atoms with E-state index in [1.54, 1.807) is 0 Å². The lowest BCUT2D eigenvalue weighted by Gasteiger charge is -2.23. The molecule has 10 nitrogen and oxygen atoms in total. The van der Waals surface area contributed by atoms with Gasteiger partial charge in [0.15, 0.2) is 0 Å². The van der Waals surface area contributed by atoms with Crippen molar-refractivity contribution in [3.63, 3.8) is 0 Å². The highest BCUT2D eigenvalue weighted by molar-refractivity contribution is 7.80. The van der Waals surface area contributed by atoms with Gasteiger partial charge in [-0.25, -0.2) is 4.79 Å². The average Bonchev–Trinajstić information content (AvgIpc) is 2.63. The zero-order valence-corrected chi connectivity index (χ0v) is 17.3. The highest BCUT2D eigenvalue weighted by Gasteiger charge is 2.27. The number of hydrogen-bond donors (Lipinski definition) is 7. The fourth-order valence-corrected chi connectivity index (χ4v) is 2.52. The van der Waals surface area contributed by atoms with Crippen LogP contribution in [0.1, 0.15) is 39.5 Å². The Morgan fingerprint density at radius 2 is 1.68 bits per heavy atom. The van der Waals surface area contributed by atoms with Crippen molar-refractivity contribution >= 4 is 36.3 Å². The molecule has 3 atom stereocenters.